The first-order valence-corrected chi connectivity index (χ1v) is 7.24. The fourth-order valence-corrected chi connectivity index (χ4v) is 2.56. The average molecular weight is 326 g/mol. The molecular weight excluding hydrogens is 309 g/mol. The summed E-state index contributed by atoms with van der Waals surface area (Å²) >= 11 is 0. The van der Waals surface area contributed by atoms with Gasteiger partial charge in [0.2, 0.25) is 0 Å². The molecule has 0 radical (unpaired) electrons. The van der Waals surface area contributed by atoms with Crippen LogP contribution in [0.2, 0.25) is 0 Å². The highest BCUT2D eigenvalue weighted by atomic mass is 19.4. The number of allylic oxidation sites excluding steroid dienone is 2. The molecule has 1 N–H and O–H groups in total. The molecule has 4 nitrogen and oxygen atoms in total. The summed E-state index contributed by atoms with van der Waals surface area (Å²) in [5.74, 6) is -1.17. The second-order valence-electron chi connectivity index (χ2n) is 5.23. The number of halogens is 3. The van der Waals surface area contributed by atoms with Crippen LogP contribution >= 0.6 is 0 Å². The molecule has 0 aromatic carbocycles. The lowest BCUT2D eigenvalue weighted by Crippen LogP contribution is -2.32. The van der Waals surface area contributed by atoms with Gasteiger partial charge in [0.1, 0.15) is 11.5 Å². The maximum atomic E-state index is 12.9. The van der Waals surface area contributed by atoms with Crippen molar-refractivity contribution in [2.45, 2.75) is 25.4 Å². The summed E-state index contributed by atoms with van der Waals surface area (Å²) in [4.78, 5) is 16.9. The summed E-state index contributed by atoms with van der Waals surface area (Å²) in [5, 5.41) is 9.33. The summed E-state index contributed by atoms with van der Waals surface area (Å²) in [7, 11) is 0. The Labute approximate surface area is 131 Å². The van der Waals surface area contributed by atoms with Crippen LogP contribution in [0.5, 0.6) is 0 Å². The van der Waals surface area contributed by atoms with Gasteiger partial charge < -0.3 is 10.0 Å². The third-order valence-corrected chi connectivity index (χ3v) is 3.63. The fourth-order valence-electron chi connectivity index (χ4n) is 2.56. The summed E-state index contributed by atoms with van der Waals surface area (Å²) in [6, 6.07) is 1.98. The summed E-state index contributed by atoms with van der Waals surface area (Å²) in [6.07, 6.45) is 0.657. The number of aliphatic carboxylic acids is 1. The molecule has 2 rings (SSSR count). The third kappa shape index (κ3) is 3.91. The molecule has 124 valence electrons. The lowest BCUT2D eigenvalue weighted by Gasteiger charge is -2.30. The van der Waals surface area contributed by atoms with E-state index in [0.717, 1.165) is 25.3 Å². The Bertz CT molecular complexity index is 633. The van der Waals surface area contributed by atoms with Crippen molar-refractivity contribution in [3.8, 4) is 0 Å². The van der Waals surface area contributed by atoms with Crippen LogP contribution < -0.4 is 4.90 Å². The number of pyridine rings is 1. The number of anilines is 1. The van der Waals surface area contributed by atoms with Crippen molar-refractivity contribution in [2.75, 3.05) is 18.0 Å². The van der Waals surface area contributed by atoms with Crippen LogP contribution in [0.4, 0.5) is 19.0 Å². The van der Waals surface area contributed by atoms with Gasteiger partial charge in [-0.3, -0.25) is 0 Å². The number of alkyl halides is 3. The monoisotopic (exact) mass is 326 g/mol. The molecule has 7 heteroatoms. The molecule has 1 aromatic heterocycles. The normalized spacial score (nSPS) is 16.3. The Morgan fingerprint density at radius 1 is 1.26 bits per heavy atom. The van der Waals surface area contributed by atoms with Gasteiger partial charge in [-0.05, 0) is 37.5 Å². The number of rotatable bonds is 4. The van der Waals surface area contributed by atoms with E-state index < -0.39 is 17.8 Å². The van der Waals surface area contributed by atoms with Crippen LogP contribution in [0, 0.1) is 0 Å². The Hall–Kier alpha value is -2.31. The average Bonchev–Trinajstić information content (AvgIpc) is 2.52. The molecule has 0 saturated carbocycles. The van der Waals surface area contributed by atoms with E-state index in [1.54, 1.807) is 4.90 Å². The molecular formula is C16H17F3N2O2. The zero-order chi connectivity index (χ0) is 17.0. The largest absolute Gasteiger partial charge is 0.478 e. The van der Waals surface area contributed by atoms with E-state index in [0.29, 0.717) is 13.1 Å². The SMILES string of the molecule is C=CC=C(C(=O)O)c1ccc(C(F)(F)F)nc1N1CCCCC1. The maximum absolute atomic E-state index is 12.9. The quantitative estimate of drug-likeness (QED) is 0.676. The molecule has 1 fully saturated rings. The molecule has 0 unspecified atom stereocenters. The van der Waals surface area contributed by atoms with Crippen LogP contribution in [-0.2, 0) is 11.0 Å². The highest BCUT2D eigenvalue weighted by Gasteiger charge is 2.34. The van der Waals surface area contributed by atoms with Crippen LogP contribution in [0.3, 0.4) is 0 Å². The first kappa shape index (κ1) is 17.1. The highest BCUT2D eigenvalue weighted by molar-refractivity contribution is 6.17. The van der Waals surface area contributed by atoms with Crippen LogP contribution in [0.1, 0.15) is 30.5 Å². The van der Waals surface area contributed by atoms with E-state index in [2.05, 4.69) is 11.6 Å². The smallest absolute Gasteiger partial charge is 0.433 e. The first-order chi connectivity index (χ1) is 10.8. The molecule has 2 heterocycles. The van der Waals surface area contributed by atoms with E-state index >= 15 is 0 Å². The van der Waals surface area contributed by atoms with Crippen molar-refractivity contribution in [3.63, 3.8) is 0 Å². The van der Waals surface area contributed by atoms with Gasteiger partial charge in [0, 0.05) is 18.7 Å². The Morgan fingerprint density at radius 3 is 2.43 bits per heavy atom. The predicted molar refractivity (Wildman–Crippen MR) is 81.1 cm³/mol. The second-order valence-corrected chi connectivity index (χ2v) is 5.23. The molecule has 1 aliphatic rings. The molecule has 1 saturated heterocycles. The summed E-state index contributed by atoms with van der Waals surface area (Å²) in [6.45, 7) is 4.57. The van der Waals surface area contributed by atoms with Crippen molar-refractivity contribution in [1.29, 1.82) is 0 Å². The number of nitrogens with zero attached hydrogens (tertiary/aromatic N) is 2. The van der Waals surface area contributed by atoms with Crippen molar-refractivity contribution in [2.24, 2.45) is 0 Å². The third-order valence-electron chi connectivity index (χ3n) is 3.63. The number of aromatic nitrogens is 1. The lowest BCUT2D eigenvalue weighted by atomic mass is 10.0. The van der Waals surface area contributed by atoms with E-state index in [4.69, 9.17) is 0 Å². The van der Waals surface area contributed by atoms with Crippen molar-refractivity contribution in [1.82, 2.24) is 4.98 Å². The van der Waals surface area contributed by atoms with E-state index in [9.17, 15) is 23.1 Å². The zero-order valence-corrected chi connectivity index (χ0v) is 12.4. The van der Waals surface area contributed by atoms with Crippen molar-refractivity contribution < 1.29 is 23.1 Å². The van der Waals surface area contributed by atoms with Gasteiger partial charge in [0.25, 0.3) is 0 Å². The maximum Gasteiger partial charge on any atom is 0.433 e. The molecule has 0 atom stereocenters. The number of piperidine rings is 1. The summed E-state index contributed by atoms with van der Waals surface area (Å²) < 4.78 is 38.8. The van der Waals surface area contributed by atoms with E-state index in [1.807, 2.05) is 0 Å². The topological polar surface area (TPSA) is 53.4 Å². The molecule has 23 heavy (non-hydrogen) atoms. The van der Waals surface area contributed by atoms with Crippen LogP contribution in [0.25, 0.3) is 5.57 Å². The number of carboxylic acid groups (broad SMARTS) is 1. The van der Waals surface area contributed by atoms with Gasteiger partial charge in [0.15, 0.2) is 0 Å². The molecule has 0 aliphatic carbocycles. The van der Waals surface area contributed by atoms with Gasteiger partial charge in [-0.15, -0.1) is 0 Å². The lowest BCUT2D eigenvalue weighted by molar-refractivity contribution is -0.141. The summed E-state index contributed by atoms with van der Waals surface area (Å²) in [5.41, 5.74) is -0.973. The van der Waals surface area contributed by atoms with Crippen molar-refractivity contribution >= 4 is 17.4 Å². The fraction of sp³-hybridized carbons (Fsp3) is 0.375. The number of hydrogen-bond acceptors (Lipinski definition) is 3. The number of carbonyl (C=O) groups is 1. The molecule has 1 aromatic rings. The Kier molecular flexibility index (Phi) is 5.08. The predicted octanol–water partition coefficient (Wildman–Crippen LogP) is 3.74. The van der Waals surface area contributed by atoms with Gasteiger partial charge in [0.05, 0.1) is 5.57 Å². The number of hydrogen-bond donors (Lipinski definition) is 1. The Balaban J connectivity index is 2.58. The van der Waals surface area contributed by atoms with Gasteiger partial charge in [-0.25, -0.2) is 9.78 Å². The highest BCUT2D eigenvalue weighted by Crippen LogP contribution is 2.34. The Morgan fingerprint density at radius 2 is 1.91 bits per heavy atom. The van der Waals surface area contributed by atoms with Gasteiger partial charge >= 0.3 is 12.1 Å². The first-order valence-electron chi connectivity index (χ1n) is 7.24. The standard InChI is InChI=1S/C16H17F3N2O2/c1-2-6-12(15(22)23)11-7-8-13(16(17,18)19)20-14(11)21-9-4-3-5-10-21/h2,6-8H,1,3-5,9-10H2,(H,22,23). The van der Waals surface area contributed by atoms with Gasteiger partial charge in [-0.1, -0.05) is 12.7 Å². The second kappa shape index (κ2) is 6.85. The van der Waals surface area contributed by atoms with Gasteiger partial charge in [-0.2, -0.15) is 13.2 Å². The molecule has 1 aliphatic heterocycles. The van der Waals surface area contributed by atoms with Crippen LogP contribution in [-0.4, -0.2) is 29.1 Å². The van der Waals surface area contributed by atoms with E-state index in [1.165, 1.54) is 18.2 Å². The minimum absolute atomic E-state index is 0.0648. The minimum Gasteiger partial charge on any atom is -0.478 e. The molecule has 0 amide bonds. The molecule has 0 spiro atoms. The molecule has 0 bridgehead atoms. The zero-order valence-electron chi connectivity index (χ0n) is 12.4. The number of carboxylic acids is 1. The van der Waals surface area contributed by atoms with Crippen LogP contribution in [0.15, 0.2) is 30.9 Å². The van der Waals surface area contributed by atoms with Crippen molar-refractivity contribution in [3.05, 3.63) is 42.1 Å². The minimum atomic E-state index is -4.57. The van der Waals surface area contributed by atoms with E-state index in [-0.39, 0.29) is 17.0 Å².